The predicted molar refractivity (Wildman–Crippen MR) is 95.9 cm³/mol. The second-order valence-corrected chi connectivity index (χ2v) is 6.59. The molecule has 0 aliphatic carbocycles. The first kappa shape index (κ1) is 19.0. The van der Waals surface area contributed by atoms with E-state index in [2.05, 4.69) is 24.1 Å². The van der Waals surface area contributed by atoms with Crippen molar-refractivity contribution in [1.29, 1.82) is 0 Å². The Morgan fingerprint density at radius 3 is 1.87 bits per heavy atom. The largest absolute Gasteiger partial charge is 0.372 e. The number of hydrogen-bond acceptors (Lipinski definition) is 3. The molecular formula is C18H29N3O2. The smallest absolute Gasteiger partial charge is 0.240 e. The molecule has 1 rings (SSSR count). The molecule has 1 aromatic carbocycles. The Bertz CT molecular complexity index is 528. The molecule has 2 amide bonds. The standard InChI is InChI=1S/C18H29N3O2/c1-7-20(8-2)15-9-11-16(12-10-15)21(14(3)22)13-17(23)19-18(4,5)6/h9-12H,7-8,13H2,1-6H3,(H,19,23). The van der Waals surface area contributed by atoms with E-state index in [0.717, 1.165) is 24.5 Å². The molecule has 0 saturated heterocycles. The molecule has 0 unspecified atom stereocenters. The summed E-state index contributed by atoms with van der Waals surface area (Å²) in [5, 5.41) is 2.88. The summed E-state index contributed by atoms with van der Waals surface area (Å²) in [7, 11) is 0. The van der Waals surface area contributed by atoms with Crippen LogP contribution in [0.4, 0.5) is 11.4 Å². The van der Waals surface area contributed by atoms with Crippen molar-refractivity contribution in [2.24, 2.45) is 0 Å². The molecule has 5 nitrogen and oxygen atoms in total. The molecule has 0 spiro atoms. The summed E-state index contributed by atoms with van der Waals surface area (Å²) in [4.78, 5) is 27.7. The minimum atomic E-state index is -0.313. The van der Waals surface area contributed by atoms with Crippen molar-refractivity contribution >= 4 is 23.2 Å². The Morgan fingerprint density at radius 1 is 1.00 bits per heavy atom. The highest BCUT2D eigenvalue weighted by Gasteiger charge is 2.19. The van der Waals surface area contributed by atoms with Crippen molar-refractivity contribution in [1.82, 2.24) is 5.32 Å². The van der Waals surface area contributed by atoms with Crippen molar-refractivity contribution in [3.8, 4) is 0 Å². The van der Waals surface area contributed by atoms with Crippen molar-refractivity contribution in [2.75, 3.05) is 29.4 Å². The van der Waals surface area contributed by atoms with E-state index in [-0.39, 0.29) is 23.9 Å². The molecule has 1 N–H and O–H groups in total. The third-order valence-corrected chi connectivity index (χ3v) is 3.49. The Hall–Kier alpha value is -2.04. The van der Waals surface area contributed by atoms with Crippen LogP contribution in [0.25, 0.3) is 0 Å². The molecule has 0 heterocycles. The average molecular weight is 319 g/mol. The van der Waals surface area contributed by atoms with Gasteiger partial charge in [-0.2, -0.15) is 0 Å². The van der Waals surface area contributed by atoms with Crippen LogP contribution < -0.4 is 15.1 Å². The number of carbonyl (C=O) groups is 2. The minimum absolute atomic E-state index is 0.0250. The number of benzene rings is 1. The molecule has 0 aliphatic heterocycles. The van der Waals surface area contributed by atoms with Gasteiger partial charge in [0, 0.05) is 36.9 Å². The summed E-state index contributed by atoms with van der Waals surface area (Å²) >= 11 is 0. The Labute approximate surface area is 139 Å². The van der Waals surface area contributed by atoms with Gasteiger partial charge in [0.25, 0.3) is 0 Å². The normalized spacial score (nSPS) is 11.0. The summed E-state index contributed by atoms with van der Waals surface area (Å²) in [6, 6.07) is 7.75. The van der Waals surface area contributed by atoms with Crippen LogP contribution in [0.1, 0.15) is 41.5 Å². The van der Waals surface area contributed by atoms with Crippen LogP contribution in [0.3, 0.4) is 0 Å². The van der Waals surface area contributed by atoms with Crippen LogP contribution in [0.5, 0.6) is 0 Å². The highest BCUT2D eigenvalue weighted by atomic mass is 16.2. The molecule has 128 valence electrons. The Morgan fingerprint density at radius 2 is 1.48 bits per heavy atom. The molecule has 1 aromatic rings. The van der Waals surface area contributed by atoms with Crippen molar-refractivity contribution < 1.29 is 9.59 Å². The van der Waals surface area contributed by atoms with Gasteiger partial charge in [0.1, 0.15) is 6.54 Å². The SMILES string of the molecule is CCN(CC)c1ccc(N(CC(=O)NC(C)(C)C)C(C)=O)cc1. The van der Waals surface area contributed by atoms with E-state index in [1.165, 1.54) is 11.8 Å². The molecule has 0 bridgehead atoms. The maximum atomic E-state index is 12.1. The molecule has 5 heteroatoms. The van der Waals surface area contributed by atoms with Gasteiger partial charge in [-0.25, -0.2) is 0 Å². The maximum Gasteiger partial charge on any atom is 0.240 e. The number of anilines is 2. The first-order valence-electron chi connectivity index (χ1n) is 8.12. The van der Waals surface area contributed by atoms with E-state index in [1.54, 1.807) is 0 Å². The van der Waals surface area contributed by atoms with Gasteiger partial charge in [-0.3, -0.25) is 9.59 Å². The highest BCUT2D eigenvalue weighted by molar-refractivity contribution is 5.97. The number of hydrogen-bond donors (Lipinski definition) is 1. The molecule has 0 radical (unpaired) electrons. The molecule has 0 saturated carbocycles. The van der Waals surface area contributed by atoms with Gasteiger partial charge in [0.15, 0.2) is 0 Å². The van der Waals surface area contributed by atoms with Gasteiger partial charge in [0.05, 0.1) is 0 Å². The zero-order valence-electron chi connectivity index (χ0n) is 15.1. The van der Waals surface area contributed by atoms with Crippen LogP contribution in [0.15, 0.2) is 24.3 Å². The molecule has 0 atom stereocenters. The van der Waals surface area contributed by atoms with Gasteiger partial charge in [-0.15, -0.1) is 0 Å². The maximum absolute atomic E-state index is 12.1. The molecule has 0 aliphatic rings. The first-order chi connectivity index (χ1) is 10.7. The fourth-order valence-electron chi connectivity index (χ4n) is 2.42. The van der Waals surface area contributed by atoms with Crippen molar-refractivity contribution in [2.45, 2.75) is 47.1 Å². The molecule has 0 aromatic heterocycles. The molecular weight excluding hydrogens is 290 g/mol. The lowest BCUT2D eigenvalue weighted by Gasteiger charge is -2.26. The van der Waals surface area contributed by atoms with Crippen LogP contribution >= 0.6 is 0 Å². The van der Waals surface area contributed by atoms with Gasteiger partial charge in [0.2, 0.25) is 11.8 Å². The summed E-state index contributed by atoms with van der Waals surface area (Å²) in [5.41, 5.74) is 1.53. The second kappa shape index (κ2) is 7.99. The Balaban J connectivity index is 2.90. The number of nitrogens with zero attached hydrogens (tertiary/aromatic N) is 2. The number of nitrogens with one attached hydrogen (secondary N) is 1. The Kier molecular flexibility index (Phi) is 6.61. The van der Waals surface area contributed by atoms with Gasteiger partial charge in [-0.05, 0) is 58.9 Å². The third-order valence-electron chi connectivity index (χ3n) is 3.49. The minimum Gasteiger partial charge on any atom is -0.372 e. The zero-order valence-corrected chi connectivity index (χ0v) is 15.1. The quantitative estimate of drug-likeness (QED) is 0.877. The van der Waals surface area contributed by atoms with E-state index in [9.17, 15) is 9.59 Å². The molecule has 0 fully saturated rings. The summed E-state index contributed by atoms with van der Waals surface area (Å²) < 4.78 is 0. The first-order valence-corrected chi connectivity index (χ1v) is 8.12. The van der Waals surface area contributed by atoms with E-state index in [0.29, 0.717) is 0 Å². The van der Waals surface area contributed by atoms with Crippen LogP contribution in [0, 0.1) is 0 Å². The number of carbonyl (C=O) groups excluding carboxylic acids is 2. The van der Waals surface area contributed by atoms with Crippen LogP contribution in [0.2, 0.25) is 0 Å². The van der Waals surface area contributed by atoms with E-state index < -0.39 is 0 Å². The topological polar surface area (TPSA) is 52.6 Å². The second-order valence-electron chi connectivity index (χ2n) is 6.59. The van der Waals surface area contributed by atoms with Gasteiger partial charge >= 0.3 is 0 Å². The number of rotatable bonds is 6. The summed E-state index contributed by atoms with van der Waals surface area (Å²) in [5.74, 6) is -0.315. The van der Waals surface area contributed by atoms with Crippen molar-refractivity contribution in [3.05, 3.63) is 24.3 Å². The van der Waals surface area contributed by atoms with Gasteiger partial charge in [-0.1, -0.05) is 0 Å². The van der Waals surface area contributed by atoms with Gasteiger partial charge < -0.3 is 15.1 Å². The van der Waals surface area contributed by atoms with Crippen molar-refractivity contribution in [3.63, 3.8) is 0 Å². The third kappa shape index (κ3) is 5.93. The number of amides is 2. The van der Waals surface area contributed by atoms with E-state index in [4.69, 9.17) is 0 Å². The zero-order chi connectivity index (χ0) is 17.6. The lowest BCUT2D eigenvalue weighted by molar-refractivity contribution is -0.124. The monoisotopic (exact) mass is 319 g/mol. The predicted octanol–water partition coefficient (Wildman–Crippen LogP) is 2.80. The lowest BCUT2D eigenvalue weighted by atomic mass is 10.1. The average Bonchev–Trinajstić information content (AvgIpc) is 2.45. The summed E-state index contributed by atoms with van der Waals surface area (Å²) in [6.45, 7) is 13.3. The summed E-state index contributed by atoms with van der Waals surface area (Å²) in [6.07, 6.45) is 0. The van der Waals surface area contributed by atoms with E-state index in [1.807, 2.05) is 45.0 Å². The molecule has 23 heavy (non-hydrogen) atoms. The van der Waals surface area contributed by atoms with Crippen LogP contribution in [-0.2, 0) is 9.59 Å². The lowest BCUT2D eigenvalue weighted by Crippen LogP contribution is -2.47. The van der Waals surface area contributed by atoms with Crippen LogP contribution in [-0.4, -0.2) is 37.0 Å². The fourth-order valence-corrected chi connectivity index (χ4v) is 2.42. The highest BCUT2D eigenvalue weighted by Crippen LogP contribution is 2.21. The van der Waals surface area contributed by atoms with E-state index >= 15 is 0 Å². The fraction of sp³-hybridized carbons (Fsp3) is 0.556.